The van der Waals surface area contributed by atoms with Crippen LogP contribution in [-0.2, 0) is 4.74 Å². The molecule has 4 nitrogen and oxygen atoms in total. The molecule has 2 rings (SSSR count). The summed E-state index contributed by atoms with van der Waals surface area (Å²) >= 11 is 0. The molecule has 18 heavy (non-hydrogen) atoms. The van der Waals surface area contributed by atoms with Crippen molar-refractivity contribution in [1.29, 1.82) is 0 Å². The van der Waals surface area contributed by atoms with Crippen molar-refractivity contribution >= 4 is 5.97 Å². The molecule has 0 bridgehead atoms. The highest BCUT2D eigenvalue weighted by Crippen LogP contribution is 2.21. The van der Waals surface area contributed by atoms with Crippen LogP contribution in [0.25, 0.3) is 0 Å². The number of hydrogen-bond acceptors (Lipinski definition) is 3. The van der Waals surface area contributed by atoms with E-state index in [1.54, 1.807) is 12.1 Å². The van der Waals surface area contributed by atoms with Gasteiger partial charge in [0.05, 0.1) is 6.10 Å². The van der Waals surface area contributed by atoms with Crippen molar-refractivity contribution in [3.63, 3.8) is 0 Å². The molecule has 0 saturated carbocycles. The topological polar surface area (TPSA) is 55.8 Å². The standard InChI is InChI=1S/C14H18O4/c1-10-5-6-13(12(8-10)14(15)16)18-9-11-4-2-3-7-17-11/h5-6,8,11H,2-4,7,9H2,1H3,(H,15,16). The Bertz CT molecular complexity index is 422. The predicted octanol–water partition coefficient (Wildman–Crippen LogP) is 2.64. The lowest BCUT2D eigenvalue weighted by Crippen LogP contribution is -2.26. The van der Waals surface area contributed by atoms with Gasteiger partial charge in [-0.3, -0.25) is 0 Å². The van der Waals surface area contributed by atoms with Crippen LogP contribution in [-0.4, -0.2) is 30.4 Å². The zero-order valence-corrected chi connectivity index (χ0v) is 10.5. The van der Waals surface area contributed by atoms with E-state index in [2.05, 4.69) is 0 Å². The molecule has 1 aliphatic heterocycles. The SMILES string of the molecule is Cc1ccc(OCC2CCCCO2)c(C(=O)O)c1. The maximum atomic E-state index is 11.1. The smallest absolute Gasteiger partial charge is 0.339 e. The normalized spacial score (nSPS) is 19.5. The Hall–Kier alpha value is -1.55. The van der Waals surface area contributed by atoms with Gasteiger partial charge >= 0.3 is 5.97 Å². The molecule has 1 aromatic carbocycles. The molecule has 0 radical (unpaired) electrons. The van der Waals surface area contributed by atoms with Crippen LogP contribution in [0.2, 0.25) is 0 Å². The van der Waals surface area contributed by atoms with Crippen LogP contribution in [0.15, 0.2) is 18.2 Å². The highest BCUT2D eigenvalue weighted by Gasteiger charge is 2.17. The fourth-order valence-corrected chi connectivity index (χ4v) is 2.06. The van der Waals surface area contributed by atoms with Crippen molar-refractivity contribution < 1.29 is 19.4 Å². The molecule has 0 spiro atoms. The lowest BCUT2D eigenvalue weighted by molar-refractivity contribution is -0.0113. The Morgan fingerprint density at radius 2 is 2.33 bits per heavy atom. The molecule has 1 aromatic rings. The van der Waals surface area contributed by atoms with Crippen LogP contribution in [0.4, 0.5) is 0 Å². The van der Waals surface area contributed by atoms with E-state index in [0.29, 0.717) is 12.4 Å². The van der Waals surface area contributed by atoms with E-state index in [9.17, 15) is 4.79 Å². The first-order valence-electron chi connectivity index (χ1n) is 6.25. The van der Waals surface area contributed by atoms with Gasteiger partial charge in [0, 0.05) is 6.61 Å². The van der Waals surface area contributed by atoms with Gasteiger partial charge < -0.3 is 14.6 Å². The quantitative estimate of drug-likeness (QED) is 0.892. The summed E-state index contributed by atoms with van der Waals surface area (Å²) in [6.07, 6.45) is 3.31. The average Bonchev–Trinajstić information content (AvgIpc) is 2.38. The average molecular weight is 250 g/mol. The van der Waals surface area contributed by atoms with E-state index in [1.807, 2.05) is 13.0 Å². The van der Waals surface area contributed by atoms with Crippen LogP contribution in [0, 0.1) is 6.92 Å². The number of hydrogen-bond donors (Lipinski definition) is 1. The Morgan fingerprint density at radius 1 is 1.50 bits per heavy atom. The molecule has 1 aliphatic rings. The van der Waals surface area contributed by atoms with E-state index >= 15 is 0 Å². The summed E-state index contributed by atoms with van der Waals surface area (Å²) in [7, 11) is 0. The van der Waals surface area contributed by atoms with E-state index in [1.165, 1.54) is 0 Å². The largest absolute Gasteiger partial charge is 0.490 e. The van der Waals surface area contributed by atoms with E-state index in [0.717, 1.165) is 31.4 Å². The van der Waals surface area contributed by atoms with Crippen LogP contribution in [0.5, 0.6) is 5.75 Å². The van der Waals surface area contributed by atoms with Gasteiger partial charge in [-0.1, -0.05) is 11.6 Å². The minimum atomic E-state index is -0.960. The van der Waals surface area contributed by atoms with Crippen LogP contribution in [0.1, 0.15) is 35.2 Å². The fraction of sp³-hybridized carbons (Fsp3) is 0.500. The second-order valence-corrected chi connectivity index (χ2v) is 4.60. The van der Waals surface area contributed by atoms with Gasteiger partial charge in [-0.15, -0.1) is 0 Å². The Kier molecular flexibility index (Phi) is 4.20. The van der Waals surface area contributed by atoms with Gasteiger partial charge in [-0.2, -0.15) is 0 Å². The number of carboxylic acid groups (broad SMARTS) is 1. The van der Waals surface area contributed by atoms with Gasteiger partial charge in [0.25, 0.3) is 0 Å². The molecule has 1 fully saturated rings. The Morgan fingerprint density at radius 3 is 3.00 bits per heavy atom. The molecular formula is C14H18O4. The minimum absolute atomic E-state index is 0.0849. The van der Waals surface area contributed by atoms with Crippen molar-refractivity contribution in [2.24, 2.45) is 0 Å². The maximum Gasteiger partial charge on any atom is 0.339 e. The van der Waals surface area contributed by atoms with Gasteiger partial charge in [0.15, 0.2) is 0 Å². The molecule has 0 aromatic heterocycles. The fourth-order valence-electron chi connectivity index (χ4n) is 2.06. The van der Waals surface area contributed by atoms with Gasteiger partial charge in [-0.25, -0.2) is 4.79 Å². The molecule has 1 unspecified atom stereocenters. The lowest BCUT2D eigenvalue weighted by atomic mass is 10.1. The lowest BCUT2D eigenvalue weighted by Gasteiger charge is -2.23. The summed E-state index contributed by atoms with van der Waals surface area (Å²) < 4.78 is 11.1. The van der Waals surface area contributed by atoms with Crippen molar-refractivity contribution in [1.82, 2.24) is 0 Å². The molecule has 1 saturated heterocycles. The molecule has 1 heterocycles. The summed E-state index contributed by atoms with van der Waals surface area (Å²) in [5.41, 5.74) is 1.12. The summed E-state index contributed by atoms with van der Waals surface area (Å²) in [4.78, 5) is 11.1. The minimum Gasteiger partial charge on any atom is -0.490 e. The zero-order chi connectivity index (χ0) is 13.0. The third-order valence-corrected chi connectivity index (χ3v) is 3.06. The number of ether oxygens (including phenoxy) is 2. The second-order valence-electron chi connectivity index (χ2n) is 4.60. The van der Waals surface area contributed by atoms with E-state index < -0.39 is 5.97 Å². The molecular weight excluding hydrogens is 232 g/mol. The van der Waals surface area contributed by atoms with E-state index in [-0.39, 0.29) is 11.7 Å². The van der Waals surface area contributed by atoms with Gasteiger partial charge in [-0.05, 0) is 38.3 Å². The summed E-state index contributed by atoms with van der Waals surface area (Å²) in [5.74, 6) is -0.541. The number of carboxylic acids is 1. The van der Waals surface area contributed by atoms with Crippen molar-refractivity contribution in [3.8, 4) is 5.75 Å². The van der Waals surface area contributed by atoms with Crippen molar-refractivity contribution in [2.45, 2.75) is 32.3 Å². The number of carbonyl (C=O) groups is 1. The zero-order valence-electron chi connectivity index (χ0n) is 10.5. The van der Waals surface area contributed by atoms with Crippen LogP contribution in [0.3, 0.4) is 0 Å². The second kappa shape index (κ2) is 5.87. The summed E-state index contributed by atoms with van der Waals surface area (Å²) in [6, 6.07) is 5.19. The molecule has 4 heteroatoms. The van der Waals surface area contributed by atoms with E-state index in [4.69, 9.17) is 14.6 Å². The summed E-state index contributed by atoms with van der Waals surface area (Å²) in [6.45, 7) is 3.05. The van der Waals surface area contributed by atoms with Crippen LogP contribution < -0.4 is 4.74 Å². The first-order chi connectivity index (χ1) is 8.66. The van der Waals surface area contributed by atoms with Gasteiger partial charge in [0.2, 0.25) is 0 Å². The number of rotatable bonds is 4. The monoisotopic (exact) mass is 250 g/mol. The van der Waals surface area contributed by atoms with Crippen molar-refractivity contribution in [2.75, 3.05) is 13.2 Å². The molecule has 98 valence electrons. The van der Waals surface area contributed by atoms with Gasteiger partial charge in [0.1, 0.15) is 17.9 Å². The summed E-state index contributed by atoms with van der Waals surface area (Å²) in [5, 5.41) is 9.12. The first kappa shape index (κ1) is 12.9. The van der Waals surface area contributed by atoms with Crippen molar-refractivity contribution in [3.05, 3.63) is 29.3 Å². The molecule has 1 atom stereocenters. The highest BCUT2D eigenvalue weighted by atomic mass is 16.5. The third-order valence-electron chi connectivity index (χ3n) is 3.06. The number of aryl methyl sites for hydroxylation is 1. The van der Waals surface area contributed by atoms with Crippen LogP contribution >= 0.6 is 0 Å². The molecule has 0 aliphatic carbocycles. The number of aromatic carboxylic acids is 1. The predicted molar refractivity (Wildman–Crippen MR) is 67.2 cm³/mol. The Balaban J connectivity index is 2.01. The third kappa shape index (κ3) is 3.23. The first-order valence-corrected chi connectivity index (χ1v) is 6.25. The molecule has 0 amide bonds. The Labute approximate surface area is 107 Å². The highest BCUT2D eigenvalue weighted by molar-refractivity contribution is 5.91. The molecule has 1 N–H and O–H groups in total. The maximum absolute atomic E-state index is 11.1. The number of benzene rings is 1.